The van der Waals surface area contributed by atoms with Gasteiger partial charge in [-0.1, -0.05) is 0 Å². The molecule has 0 atom stereocenters. The Hall–Kier alpha value is -2.95. The molecule has 0 saturated carbocycles. The van der Waals surface area contributed by atoms with Gasteiger partial charge >= 0.3 is 0 Å². The summed E-state index contributed by atoms with van der Waals surface area (Å²) in [5.74, 6) is 1.66. The van der Waals surface area contributed by atoms with Crippen LogP contribution >= 0.6 is 0 Å². The summed E-state index contributed by atoms with van der Waals surface area (Å²) < 4.78 is 10.6. The number of aromatic amines is 1. The van der Waals surface area contributed by atoms with E-state index >= 15 is 0 Å². The van der Waals surface area contributed by atoms with Gasteiger partial charge in [-0.15, -0.1) is 0 Å². The molecule has 2 N–H and O–H groups in total. The van der Waals surface area contributed by atoms with Crippen LogP contribution in [0, 0.1) is 0 Å². The highest BCUT2D eigenvalue weighted by Gasteiger charge is 2.09. The zero-order chi connectivity index (χ0) is 15.5. The number of nitrogens with zero attached hydrogens (tertiary/aromatic N) is 1. The topological polar surface area (TPSA) is 67.4 Å². The lowest BCUT2D eigenvalue weighted by Crippen LogP contribution is -1.88. The van der Waals surface area contributed by atoms with Crippen molar-refractivity contribution in [1.82, 2.24) is 10.2 Å². The smallest absolute Gasteiger partial charge is 0.123 e. The standard InChI is InChI=1S/C17H16N2O3/c1-21-14-7-12(8-15(9-14)22-2)17-10-16(18-19-17)11-3-5-13(20)6-4-11/h3-10,20H,1-2H3,(H,18,19). The molecule has 5 nitrogen and oxygen atoms in total. The van der Waals surface area contributed by atoms with Gasteiger partial charge in [0, 0.05) is 11.6 Å². The van der Waals surface area contributed by atoms with Gasteiger partial charge in [0.05, 0.1) is 25.6 Å². The van der Waals surface area contributed by atoms with Crippen molar-refractivity contribution >= 4 is 0 Å². The molecule has 5 heteroatoms. The predicted octanol–water partition coefficient (Wildman–Crippen LogP) is 3.47. The fourth-order valence-electron chi connectivity index (χ4n) is 2.21. The van der Waals surface area contributed by atoms with E-state index in [0.29, 0.717) is 11.5 Å². The Labute approximate surface area is 128 Å². The van der Waals surface area contributed by atoms with E-state index in [1.807, 2.05) is 36.4 Å². The Balaban J connectivity index is 1.98. The first-order valence-electron chi connectivity index (χ1n) is 6.78. The molecular formula is C17H16N2O3. The van der Waals surface area contributed by atoms with Crippen LogP contribution in [0.5, 0.6) is 17.2 Å². The zero-order valence-corrected chi connectivity index (χ0v) is 12.3. The second kappa shape index (κ2) is 5.81. The van der Waals surface area contributed by atoms with Crippen molar-refractivity contribution in [3.8, 4) is 39.8 Å². The molecule has 0 bridgehead atoms. The second-order valence-corrected chi connectivity index (χ2v) is 4.82. The molecule has 0 saturated heterocycles. The van der Waals surface area contributed by atoms with Gasteiger partial charge in [-0.3, -0.25) is 5.10 Å². The van der Waals surface area contributed by atoms with E-state index in [2.05, 4.69) is 10.2 Å². The first kappa shape index (κ1) is 14.0. The molecule has 0 aliphatic rings. The van der Waals surface area contributed by atoms with Crippen LogP contribution < -0.4 is 9.47 Å². The maximum absolute atomic E-state index is 9.35. The molecule has 1 heterocycles. The molecule has 1 aromatic heterocycles. The zero-order valence-electron chi connectivity index (χ0n) is 12.3. The Morgan fingerprint density at radius 3 is 2.09 bits per heavy atom. The molecular weight excluding hydrogens is 280 g/mol. The van der Waals surface area contributed by atoms with Crippen molar-refractivity contribution in [3.05, 3.63) is 48.5 Å². The van der Waals surface area contributed by atoms with E-state index < -0.39 is 0 Å². The Morgan fingerprint density at radius 1 is 0.864 bits per heavy atom. The summed E-state index contributed by atoms with van der Waals surface area (Å²) >= 11 is 0. The molecule has 0 aliphatic heterocycles. The quantitative estimate of drug-likeness (QED) is 0.773. The number of hydrogen-bond acceptors (Lipinski definition) is 4. The third kappa shape index (κ3) is 2.74. The third-order valence-electron chi connectivity index (χ3n) is 3.40. The second-order valence-electron chi connectivity index (χ2n) is 4.82. The normalized spacial score (nSPS) is 10.5. The first-order valence-corrected chi connectivity index (χ1v) is 6.78. The van der Waals surface area contributed by atoms with Gasteiger partial charge < -0.3 is 14.6 Å². The molecule has 3 rings (SSSR count). The minimum atomic E-state index is 0.237. The molecule has 0 radical (unpaired) electrons. The van der Waals surface area contributed by atoms with Crippen molar-refractivity contribution in [2.75, 3.05) is 14.2 Å². The molecule has 22 heavy (non-hydrogen) atoms. The highest BCUT2D eigenvalue weighted by molar-refractivity contribution is 5.70. The minimum absolute atomic E-state index is 0.237. The number of H-pyrrole nitrogens is 1. The molecule has 0 aliphatic carbocycles. The van der Waals surface area contributed by atoms with E-state index in [9.17, 15) is 5.11 Å². The average Bonchev–Trinajstić information content (AvgIpc) is 3.05. The Morgan fingerprint density at radius 2 is 1.50 bits per heavy atom. The summed E-state index contributed by atoms with van der Waals surface area (Å²) in [5.41, 5.74) is 3.51. The van der Waals surface area contributed by atoms with E-state index in [1.54, 1.807) is 26.4 Å². The maximum Gasteiger partial charge on any atom is 0.123 e. The van der Waals surface area contributed by atoms with Gasteiger partial charge in [-0.25, -0.2) is 0 Å². The van der Waals surface area contributed by atoms with Crippen molar-refractivity contribution in [2.45, 2.75) is 0 Å². The van der Waals surface area contributed by atoms with E-state index in [0.717, 1.165) is 22.5 Å². The van der Waals surface area contributed by atoms with Crippen LogP contribution in [-0.4, -0.2) is 29.5 Å². The Kier molecular flexibility index (Phi) is 3.70. The number of ether oxygens (including phenoxy) is 2. The van der Waals surface area contributed by atoms with E-state index in [1.165, 1.54) is 0 Å². The largest absolute Gasteiger partial charge is 0.508 e. The van der Waals surface area contributed by atoms with Crippen molar-refractivity contribution in [2.24, 2.45) is 0 Å². The molecule has 0 amide bonds. The van der Waals surface area contributed by atoms with Gasteiger partial charge in [0.2, 0.25) is 0 Å². The lowest BCUT2D eigenvalue weighted by atomic mass is 10.1. The lowest BCUT2D eigenvalue weighted by molar-refractivity contribution is 0.394. The summed E-state index contributed by atoms with van der Waals surface area (Å²) in [6.07, 6.45) is 0. The van der Waals surface area contributed by atoms with Crippen LogP contribution in [0.1, 0.15) is 0 Å². The van der Waals surface area contributed by atoms with Crippen LogP contribution in [0.25, 0.3) is 22.5 Å². The van der Waals surface area contributed by atoms with Crippen LogP contribution in [-0.2, 0) is 0 Å². The van der Waals surface area contributed by atoms with Crippen molar-refractivity contribution in [1.29, 1.82) is 0 Å². The fourth-order valence-corrected chi connectivity index (χ4v) is 2.21. The highest BCUT2D eigenvalue weighted by atomic mass is 16.5. The van der Waals surface area contributed by atoms with Gasteiger partial charge in [0.25, 0.3) is 0 Å². The first-order chi connectivity index (χ1) is 10.7. The van der Waals surface area contributed by atoms with Crippen LogP contribution in [0.2, 0.25) is 0 Å². The average molecular weight is 296 g/mol. The number of phenols is 1. The van der Waals surface area contributed by atoms with Gasteiger partial charge in [-0.2, -0.15) is 5.10 Å². The summed E-state index contributed by atoms with van der Waals surface area (Å²) in [6, 6.07) is 14.5. The third-order valence-corrected chi connectivity index (χ3v) is 3.40. The SMILES string of the molecule is COc1cc(OC)cc(-c2cc(-c3ccc(O)cc3)[nH]n2)c1. The molecule has 112 valence electrons. The maximum atomic E-state index is 9.35. The van der Waals surface area contributed by atoms with Crippen LogP contribution in [0.15, 0.2) is 48.5 Å². The molecule has 2 aromatic carbocycles. The van der Waals surface area contributed by atoms with Crippen LogP contribution in [0.4, 0.5) is 0 Å². The number of methoxy groups -OCH3 is 2. The summed E-state index contributed by atoms with van der Waals surface area (Å²) in [6.45, 7) is 0. The molecule has 3 aromatic rings. The Bertz CT molecular complexity index is 757. The number of aromatic nitrogens is 2. The summed E-state index contributed by atoms with van der Waals surface area (Å²) in [7, 11) is 3.23. The van der Waals surface area contributed by atoms with Gasteiger partial charge in [0.15, 0.2) is 0 Å². The van der Waals surface area contributed by atoms with Gasteiger partial charge in [-0.05, 0) is 48.0 Å². The van der Waals surface area contributed by atoms with Crippen LogP contribution in [0.3, 0.4) is 0 Å². The summed E-state index contributed by atoms with van der Waals surface area (Å²) in [4.78, 5) is 0. The lowest BCUT2D eigenvalue weighted by Gasteiger charge is -2.06. The molecule has 0 fully saturated rings. The fraction of sp³-hybridized carbons (Fsp3) is 0.118. The number of hydrogen-bond donors (Lipinski definition) is 2. The van der Waals surface area contributed by atoms with E-state index in [4.69, 9.17) is 9.47 Å². The van der Waals surface area contributed by atoms with Crippen molar-refractivity contribution in [3.63, 3.8) is 0 Å². The van der Waals surface area contributed by atoms with Gasteiger partial charge in [0.1, 0.15) is 17.2 Å². The highest BCUT2D eigenvalue weighted by Crippen LogP contribution is 2.30. The molecule has 0 spiro atoms. The number of aromatic hydroxyl groups is 1. The molecule has 0 unspecified atom stereocenters. The number of phenolic OH excluding ortho intramolecular Hbond substituents is 1. The van der Waals surface area contributed by atoms with Crippen molar-refractivity contribution < 1.29 is 14.6 Å². The minimum Gasteiger partial charge on any atom is -0.508 e. The monoisotopic (exact) mass is 296 g/mol. The number of nitrogens with one attached hydrogen (secondary N) is 1. The van der Waals surface area contributed by atoms with E-state index in [-0.39, 0.29) is 5.75 Å². The summed E-state index contributed by atoms with van der Waals surface area (Å²) in [5, 5.41) is 16.7. The number of rotatable bonds is 4. The number of benzene rings is 2. The predicted molar refractivity (Wildman–Crippen MR) is 84.2 cm³/mol.